The van der Waals surface area contributed by atoms with E-state index < -0.39 is 0 Å². The number of amidine groups is 1. The first-order valence-electron chi connectivity index (χ1n) is 7.32. The third kappa shape index (κ3) is 4.41. The van der Waals surface area contributed by atoms with E-state index in [1.807, 2.05) is 11.8 Å². The molecule has 1 saturated heterocycles. The van der Waals surface area contributed by atoms with Crippen molar-refractivity contribution in [1.29, 1.82) is 0 Å². The lowest BCUT2D eigenvalue weighted by molar-refractivity contribution is -0.121. The normalized spacial score (nSPS) is 23.2. The number of carbonyl (C=O) groups is 1. The monoisotopic (exact) mass is 283 g/mol. The van der Waals surface area contributed by atoms with E-state index in [-0.39, 0.29) is 5.91 Å². The van der Waals surface area contributed by atoms with Gasteiger partial charge in [-0.25, -0.2) is 0 Å². The predicted molar refractivity (Wildman–Crippen MR) is 81.6 cm³/mol. The highest BCUT2D eigenvalue weighted by Gasteiger charge is 2.39. The fraction of sp³-hybridized carbons (Fsp3) is 0.857. The van der Waals surface area contributed by atoms with Crippen LogP contribution < -0.4 is 10.6 Å². The van der Waals surface area contributed by atoms with E-state index in [9.17, 15) is 4.79 Å². The van der Waals surface area contributed by atoms with Crippen molar-refractivity contribution >= 4 is 22.8 Å². The van der Waals surface area contributed by atoms with Crippen molar-refractivity contribution in [3.63, 3.8) is 0 Å². The Morgan fingerprint density at radius 2 is 2.21 bits per heavy atom. The van der Waals surface area contributed by atoms with Crippen molar-refractivity contribution in [3.05, 3.63) is 0 Å². The number of amides is 1. The van der Waals surface area contributed by atoms with Gasteiger partial charge in [0.1, 0.15) is 0 Å². The second-order valence-electron chi connectivity index (χ2n) is 6.04. The topological polar surface area (TPSA) is 53.5 Å². The molecule has 2 aliphatic rings. The Labute approximate surface area is 120 Å². The summed E-state index contributed by atoms with van der Waals surface area (Å²) in [4.78, 5) is 16.1. The zero-order chi connectivity index (χ0) is 13.7. The molecule has 1 heterocycles. The number of nitrogens with one attached hydrogen (secondary N) is 2. The summed E-state index contributed by atoms with van der Waals surface area (Å²) in [6.07, 6.45) is 5.70. The van der Waals surface area contributed by atoms with Gasteiger partial charge >= 0.3 is 0 Å². The van der Waals surface area contributed by atoms with Gasteiger partial charge in [0.05, 0.1) is 6.54 Å². The molecule has 1 saturated carbocycles. The lowest BCUT2D eigenvalue weighted by atomic mass is 10.0. The molecule has 1 spiro atoms. The van der Waals surface area contributed by atoms with Crippen molar-refractivity contribution in [3.8, 4) is 0 Å². The Bertz CT molecular complexity index is 349. The largest absolute Gasteiger partial charge is 0.359 e. The fourth-order valence-corrected chi connectivity index (χ4v) is 3.82. The highest BCUT2D eigenvalue weighted by molar-refractivity contribution is 8.14. The molecule has 2 N–H and O–H groups in total. The number of hydrogen-bond acceptors (Lipinski definition) is 3. The Morgan fingerprint density at radius 3 is 2.89 bits per heavy atom. The molecular weight excluding hydrogens is 258 g/mol. The van der Waals surface area contributed by atoms with Crippen LogP contribution in [0, 0.1) is 5.92 Å². The van der Waals surface area contributed by atoms with Gasteiger partial charge in [0, 0.05) is 24.3 Å². The van der Waals surface area contributed by atoms with Crippen LogP contribution in [0.15, 0.2) is 4.99 Å². The number of rotatable bonds is 5. The van der Waals surface area contributed by atoms with Crippen LogP contribution in [0.4, 0.5) is 0 Å². The number of aliphatic imine (C=N–C) groups is 1. The molecule has 0 aromatic heterocycles. The summed E-state index contributed by atoms with van der Waals surface area (Å²) >= 11 is 1.82. The minimum absolute atomic E-state index is 0.108. The van der Waals surface area contributed by atoms with Crippen LogP contribution in [0.3, 0.4) is 0 Å². The molecule has 0 aromatic carbocycles. The summed E-state index contributed by atoms with van der Waals surface area (Å²) in [7, 11) is 0. The summed E-state index contributed by atoms with van der Waals surface area (Å²) in [6, 6.07) is 0. The average Bonchev–Trinajstić information content (AvgIpc) is 2.98. The van der Waals surface area contributed by atoms with Crippen molar-refractivity contribution in [1.82, 2.24) is 10.6 Å². The molecule has 1 amide bonds. The molecule has 0 radical (unpaired) electrons. The van der Waals surface area contributed by atoms with E-state index in [0.717, 1.165) is 17.5 Å². The van der Waals surface area contributed by atoms with E-state index >= 15 is 0 Å². The summed E-state index contributed by atoms with van der Waals surface area (Å²) in [6.45, 7) is 5.54. The van der Waals surface area contributed by atoms with E-state index in [1.165, 1.54) is 25.7 Å². The number of nitrogens with zero attached hydrogens (tertiary/aromatic N) is 1. The van der Waals surface area contributed by atoms with Crippen LogP contribution in [-0.4, -0.2) is 35.5 Å². The van der Waals surface area contributed by atoms with Crippen LogP contribution in [0.5, 0.6) is 0 Å². The molecule has 0 atom stereocenters. The molecule has 2 rings (SSSR count). The average molecular weight is 283 g/mol. The quantitative estimate of drug-likeness (QED) is 0.813. The van der Waals surface area contributed by atoms with Crippen molar-refractivity contribution < 1.29 is 4.79 Å². The minimum Gasteiger partial charge on any atom is -0.359 e. The molecule has 0 aromatic rings. The van der Waals surface area contributed by atoms with Gasteiger partial charge in [-0.1, -0.05) is 38.5 Å². The van der Waals surface area contributed by atoms with Crippen molar-refractivity contribution in [2.45, 2.75) is 51.5 Å². The van der Waals surface area contributed by atoms with Crippen molar-refractivity contribution in [2.24, 2.45) is 10.9 Å². The van der Waals surface area contributed by atoms with Crippen LogP contribution in [-0.2, 0) is 4.79 Å². The molecular formula is C14H25N3OS. The molecule has 2 fully saturated rings. The summed E-state index contributed by atoms with van der Waals surface area (Å²) in [5.74, 6) is 1.76. The first-order valence-corrected chi connectivity index (χ1v) is 8.30. The Morgan fingerprint density at radius 1 is 1.47 bits per heavy atom. The maximum atomic E-state index is 11.6. The van der Waals surface area contributed by atoms with Gasteiger partial charge in [0.25, 0.3) is 0 Å². The lowest BCUT2D eigenvalue weighted by Gasteiger charge is -2.21. The van der Waals surface area contributed by atoms with E-state index in [4.69, 9.17) is 0 Å². The Hall–Kier alpha value is -0.710. The molecule has 1 aliphatic carbocycles. The number of thioether (sulfide) groups is 1. The molecule has 108 valence electrons. The summed E-state index contributed by atoms with van der Waals surface area (Å²) in [5, 5.41) is 7.53. The summed E-state index contributed by atoms with van der Waals surface area (Å²) in [5.41, 5.74) is 0.323. The summed E-state index contributed by atoms with van der Waals surface area (Å²) < 4.78 is 0. The standard InChI is InChI=1S/C14H25N3OS/c1-11(2)9-16-12(18)5-8-15-13-17-14(10-19-13)6-3-4-7-14/h11H,3-10H2,1-2H3,(H,15,17)(H,16,18). The molecule has 19 heavy (non-hydrogen) atoms. The number of carbonyl (C=O) groups excluding carboxylic acids is 1. The zero-order valence-electron chi connectivity index (χ0n) is 12.0. The SMILES string of the molecule is CC(C)CNC(=O)CCN=C1NC2(CCCC2)CS1. The highest BCUT2D eigenvalue weighted by atomic mass is 32.2. The van der Waals surface area contributed by atoms with E-state index in [0.29, 0.717) is 24.4 Å². The highest BCUT2D eigenvalue weighted by Crippen LogP contribution is 2.37. The predicted octanol–water partition coefficient (Wildman–Crippen LogP) is 2.15. The van der Waals surface area contributed by atoms with Gasteiger partial charge in [-0.15, -0.1) is 0 Å². The van der Waals surface area contributed by atoms with Crippen molar-refractivity contribution in [2.75, 3.05) is 18.8 Å². The van der Waals surface area contributed by atoms with Crippen LogP contribution >= 0.6 is 11.8 Å². The fourth-order valence-electron chi connectivity index (χ4n) is 2.58. The third-order valence-corrected chi connectivity index (χ3v) is 4.92. The lowest BCUT2D eigenvalue weighted by Crippen LogP contribution is -2.40. The van der Waals surface area contributed by atoms with Gasteiger partial charge in [0.15, 0.2) is 5.17 Å². The first-order chi connectivity index (χ1) is 9.10. The minimum atomic E-state index is 0.108. The van der Waals surface area contributed by atoms with Crippen LogP contribution in [0.25, 0.3) is 0 Å². The van der Waals surface area contributed by atoms with Gasteiger partial charge < -0.3 is 10.6 Å². The molecule has 5 heteroatoms. The Balaban J connectivity index is 1.67. The van der Waals surface area contributed by atoms with Gasteiger partial charge in [-0.05, 0) is 18.8 Å². The van der Waals surface area contributed by atoms with Crippen LogP contribution in [0.2, 0.25) is 0 Å². The molecule has 0 bridgehead atoms. The Kier molecular flexibility index (Phi) is 5.13. The second kappa shape index (κ2) is 6.64. The second-order valence-corrected chi connectivity index (χ2v) is 7.00. The van der Waals surface area contributed by atoms with Gasteiger partial charge in [0.2, 0.25) is 5.91 Å². The zero-order valence-corrected chi connectivity index (χ0v) is 12.8. The van der Waals surface area contributed by atoms with E-state index in [1.54, 1.807) is 0 Å². The smallest absolute Gasteiger partial charge is 0.221 e. The van der Waals surface area contributed by atoms with Crippen LogP contribution in [0.1, 0.15) is 46.0 Å². The van der Waals surface area contributed by atoms with Gasteiger partial charge in [-0.3, -0.25) is 9.79 Å². The third-order valence-electron chi connectivity index (χ3n) is 3.72. The van der Waals surface area contributed by atoms with E-state index in [2.05, 4.69) is 29.5 Å². The number of hydrogen-bond donors (Lipinski definition) is 2. The molecule has 1 aliphatic heterocycles. The van der Waals surface area contributed by atoms with Gasteiger partial charge in [-0.2, -0.15) is 0 Å². The first kappa shape index (κ1) is 14.7. The molecule has 0 unspecified atom stereocenters. The maximum absolute atomic E-state index is 11.6. The maximum Gasteiger partial charge on any atom is 0.221 e. The molecule has 4 nitrogen and oxygen atoms in total.